The summed E-state index contributed by atoms with van der Waals surface area (Å²) in [5.41, 5.74) is -0.793. The van der Waals surface area contributed by atoms with Crippen LogP contribution >= 0.6 is 0 Å². The zero-order valence-electron chi connectivity index (χ0n) is 31.7. The van der Waals surface area contributed by atoms with Crippen molar-refractivity contribution in [2.45, 2.75) is 142 Å². The Bertz CT molecular complexity index is 1590. The Labute approximate surface area is 316 Å². The quantitative estimate of drug-likeness (QED) is 0.0994. The molecule has 0 spiro atoms. The van der Waals surface area contributed by atoms with E-state index >= 15 is 0 Å². The third-order valence-corrected chi connectivity index (χ3v) is 13.9. The predicted octanol–water partition coefficient (Wildman–Crippen LogP) is 5.96. The highest BCUT2D eigenvalue weighted by molar-refractivity contribution is 7.86. The Morgan fingerprint density at radius 1 is 0.818 bits per heavy atom. The van der Waals surface area contributed by atoms with E-state index in [4.69, 9.17) is 23.5 Å². The first-order chi connectivity index (χ1) is 25.2. The number of hydrogen-bond acceptors (Lipinski definition) is 12. The molecule has 4 unspecified atom stereocenters. The van der Waals surface area contributed by atoms with E-state index in [0.29, 0.717) is 32.1 Å². The van der Waals surface area contributed by atoms with E-state index in [2.05, 4.69) is 18.6 Å². The second-order valence-electron chi connectivity index (χ2n) is 16.2. The fourth-order valence-corrected chi connectivity index (χ4v) is 11.1. The van der Waals surface area contributed by atoms with Crippen LogP contribution in [0.3, 0.4) is 0 Å². The second kappa shape index (κ2) is 16.4. The lowest BCUT2D eigenvalue weighted by Gasteiger charge is -2.64. The van der Waals surface area contributed by atoms with E-state index in [9.17, 15) is 54.3 Å². The summed E-state index contributed by atoms with van der Waals surface area (Å²) in [4.78, 5) is 61.4. The lowest BCUT2D eigenvalue weighted by atomic mass is 9.43. The molecular weight excluding hydrogens is 767 g/mol. The molecule has 0 aromatic rings. The normalized spacial score (nSPS) is 34.5. The number of alkyl halides is 5. The Balaban J connectivity index is 1.45. The molecule has 13 nitrogen and oxygen atoms in total. The summed E-state index contributed by atoms with van der Waals surface area (Å²) >= 11 is 0. The van der Waals surface area contributed by atoms with Gasteiger partial charge in [0.05, 0.1) is 6.42 Å². The first-order valence-corrected chi connectivity index (χ1v) is 20.0. The van der Waals surface area contributed by atoms with E-state index in [-0.39, 0.29) is 65.8 Å². The fraction of sp³-hybridized carbons (Fsp3) is 0.861. The monoisotopic (exact) mass is 818 g/mol. The van der Waals surface area contributed by atoms with Gasteiger partial charge in [-0.3, -0.25) is 28.5 Å². The number of rotatable bonds is 13. The van der Waals surface area contributed by atoms with Crippen molar-refractivity contribution in [2.75, 3.05) is 6.61 Å². The largest absolute Gasteiger partial charge is 0.465 e. The maximum Gasteiger partial charge on any atom is 0.432 e. The summed E-state index contributed by atoms with van der Waals surface area (Å²) in [6.07, 6.45) is -8.10. The number of ether oxygens (including phenoxy) is 5. The van der Waals surface area contributed by atoms with Gasteiger partial charge in [-0.05, 0) is 86.4 Å². The molecule has 0 aromatic carbocycles. The molecule has 0 saturated heterocycles. The lowest BCUT2D eigenvalue weighted by molar-refractivity contribution is -0.259. The smallest absolute Gasteiger partial charge is 0.432 e. The first-order valence-electron chi connectivity index (χ1n) is 18.5. The predicted molar refractivity (Wildman–Crippen MR) is 179 cm³/mol. The van der Waals surface area contributed by atoms with E-state index in [0.717, 1.165) is 12.8 Å². The summed E-state index contributed by atoms with van der Waals surface area (Å²) in [6, 6.07) is 0. The van der Waals surface area contributed by atoms with Crippen molar-refractivity contribution in [2.24, 2.45) is 46.3 Å². The maximum absolute atomic E-state index is 13.7. The van der Waals surface area contributed by atoms with Crippen molar-refractivity contribution in [1.29, 1.82) is 0 Å². The van der Waals surface area contributed by atoms with Crippen LogP contribution in [0.15, 0.2) is 0 Å². The van der Waals surface area contributed by atoms with Crippen molar-refractivity contribution < 1.29 is 82.6 Å². The van der Waals surface area contributed by atoms with Gasteiger partial charge in [-0.15, -0.1) is 0 Å². The molecule has 1 N–H and O–H groups in total. The molecule has 4 fully saturated rings. The van der Waals surface area contributed by atoms with Gasteiger partial charge < -0.3 is 23.7 Å². The van der Waals surface area contributed by atoms with Crippen molar-refractivity contribution in [3.8, 4) is 0 Å². The molecule has 55 heavy (non-hydrogen) atoms. The average Bonchev–Trinajstić information content (AvgIpc) is 3.39. The van der Waals surface area contributed by atoms with Crippen LogP contribution < -0.4 is 0 Å². The summed E-state index contributed by atoms with van der Waals surface area (Å²) in [5, 5.41) is -5.89. The Morgan fingerprint density at radius 3 is 2.00 bits per heavy atom. The van der Waals surface area contributed by atoms with Crippen molar-refractivity contribution >= 4 is 40.0 Å². The van der Waals surface area contributed by atoms with Crippen molar-refractivity contribution in [3.63, 3.8) is 0 Å². The van der Waals surface area contributed by atoms with E-state index < -0.39 is 82.2 Å². The number of esters is 5. The Morgan fingerprint density at radius 2 is 1.44 bits per heavy atom. The maximum atomic E-state index is 13.7. The van der Waals surface area contributed by atoms with E-state index in [1.807, 2.05) is 6.92 Å². The average molecular weight is 819 g/mol. The third kappa shape index (κ3) is 9.39. The molecular formula is C36H51F5O13S. The highest BCUT2D eigenvalue weighted by Gasteiger charge is 2.68. The van der Waals surface area contributed by atoms with Gasteiger partial charge in [0, 0.05) is 38.5 Å². The summed E-state index contributed by atoms with van der Waals surface area (Å²) in [7, 11) is -6.61. The lowest BCUT2D eigenvalue weighted by Crippen LogP contribution is -2.63. The van der Waals surface area contributed by atoms with E-state index in [1.54, 1.807) is 0 Å². The molecule has 314 valence electrons. The third-order valence-electron chi connectivity index (χ3n) is 13.0. The number of carbonyl (C=O) groups is 5. The SMILES string of the molecule is CC(=O)OC1CC[C@@]2(C)[C@@H](C1)CC(OC(C)=O)[C@@H]1[C@@H]2CC(OC(C)=O)[C@]2(C)[C@@H]([C@H](C)CCC(=O)OCCC(=O)OC(C(F)(F)F)C(F)(F)S(=O)(=O)O)CC[C@@H]12. The zero-order chi connectivity index (χ0) is 41.5. The molecule has 4 saturated carbocycles. The molecule has 0 amide bonds. The second-order valence-corrected chi connectivity index (χ2v) is 17.7. The number of halogens is 5. The van der Waals surface area contributed by atoms with Gasteiger partial charge >= 0.3 is 51.4 Å². The molecule has 4 rings (SSSR count). The van der Waals surface area contributed by atoms with Crippen LogP contribution in [0.5, 0.6) is 0 Å². The van der Waals surface area contributed by atoms with Gasteiger partial charge in [-0.1, -0.05) is 20.8 Å². The van der Waals surface area contributed by atoms with Gasteiger partial charge in [0.15, 0.2) is 0 Å². The summed E-state index contributed by atoms with van der Waals surface area (Å²) in [6.45, 7) is 9.50. The van der Waals surface area contributed by atoms with E-state index in [1.165, 1.54) is 20.8 Å². The van der Waals surface area contributed by atoms with Gasteiger partial charge in [0.1, 0.15) is 24.9 Å². The van der Waals surface area contributed by atoms with Crippen molar-refractivity contribution in [1.82, 2.24) is 0 Å². The molecule has 0 heterocycles. The fourth-order valence-electron chi connectivity index (χ4n) is 10.6. The molecule has 0 aliphatic heterocycles. The minimum absolute atomic E-state index is 0.0249. The van der Waals surface area contributed by atoms with Crippen molar-refractivity contribution in [3.05, 3.63) is 0 Å². The first kappa shape index (κ1) is 44.6. The molecule has 4 aliphatic rings. The van der Waals surface area contributed by atoms with Crippen LogP contribution in [-0.2, 0) is 57.8 Å². The zero-order valence-corrected chi connectivity index (χ0v) is 32.5. The number of fused-ring (bicyclic) bond motifs is 5. The van der Waals surface area contributed by atoms with Crippen LogP contribution in [0.4, 0.5) is 22.0 Å². The van der Waals surface area contributed by atoms with Crippen LogP contribution in [-0.4, -0.2) is 85.3 Å². The minimum atomic E-state index is -6.61. The number of carbonyl (C=O) groups excluding carboxylic acids is 5. The molecule has 0 radical (unpaired) electrons. The topological polar surface area (TPSA) is 186 Å². The highest BCUT2D eigenvalue weighted by Crippen LogP contribution is 2.69. The summed E-state index contributed by atoms with van der Waals surface area (Å²) in [5.74, 6) is -4.19. The molecule has 12 atom stereocenters. The van der Waals surface area contributed by atoms with Gasteiger partial charge in [-0.25, -0.2) is 0 Å². The number of hydrogen-bond donors (Lipinski definition) is 1. The van der Waals surface area contributed by atoms with Crippen LogP contribution in [0.1, 0.15) is 106 Å². The Kier molecular flexibility index (Phi) is 13.3. The van der Waals surface area contributed by atoms with Gasteiger partial charge in [0.2, 0.25) is 0 Å². The molecule has 0 aromatic heterocycles. The summed E-state index contributed by atoms with van der Waals surface area (Å²) < 4.78 is 123. The highest BCUT2D eigenvalue weighted by atomic mass is 32.2. The van der Waals surface area contributed by atoms with Crippen LogP contribution in [0.25, 0.3) is 0 Å². The molecule has 4 aliphatic carbocycles. The molecule has 0 bridgehead atoms. The van der Waals surface area contributed by atoms with Crippen LogP contribution in [0.2, 0.25) is 0 Å². The Hall–Kier alpha value is -3.09. The van der Waals surface area contributed by atoms with Gasteiger partial charge in [-0.2, -0.15) is 30.4 Å². The van der Waals surface area contributed by atoms with Crippen LogP contribution in [0, 0.1) is 46.3 Å². The minimum Gasteiger partial charge on any atom is -0.465 e. The molecule has 19 heteroatoms. The standard InChI is InChI=1S/C36H51F5O13S/c1-18(7-10-29(45)50-14-12-30(46)54-32(35(37,38)39)36(40,41)55(47,48)49)24-8-9-25-31-26(17-28(34(24,25)6)53-21(4)44)33(5)13-11-23(51-19(2)42)15-22(33)16-27(31)52-20(3)43/h18,22-28,31-32H,7-17H2,1-6H3,(H,47,48,49)/t18-,22+,23?,24-,25+,26+,27?,28?,31+,32?,33+,34-/m1/s1. The van der Waals surface area contributed by atoms with Gasteiger partial charge in [0.25, 0.3) is 6.10 Å².